The molecule has 2 atom stereocenters. The second-order valence-electron chi connectivity index (χ2n) is 6.82. The van der Waals surface area contributed by atoms with Crippen molar-refractivity contribution in [1.29, 1.82) is 0 Å². The lowest BCUT2D eigenvalue weighted by atomic mass is 9.96. The van der Waals surface area contributed by atoms with Crippen molar-refractivity contribution in [1.82, 2.24) is 0 Å². The van der Waals surface area contributed by atoms with Crippen molar-refractivity contribution in [3.05, 3.63) is 35.9 Å². The Morgan fingerprint density at radius 2 is 1.67 bits per heavy atom. The van der Waals surface area contributed by atoms with Crippen molar-refractivity contribution in [2.24, 2.45) is 0 Å². The largest absolute Gasteiger partial charge is 0.377 e. The van der Waals surface area contributed by atoms with Gasteiger partial charge in [0, 0.05) is 23.5 Å². The Morgan fingerprint density at radius 3 is 2.29 bits per heavy atom. The number of benzene rings is 1. The van der Waals surface area contributed by atoms with Crippen LogP contribution in [0.15, 0.2) is 30.3 Å². The third-order valence-electron chi connectivity index (χ3n) is 5.45. The standard InChI is InChI=1S/C17H28O2Si2/c20-16(10-4-6-12-18-16)17(11-5-7-13-19-17)21-14-15-8-2-1-3-9-15/h1-3,8-9H,4-7,10-14,21H2,20H3. The summed E-state index contributed by atoms with van der Waals surface area (Å²) in [5, 5.41) is 0.223. The smallest absolute Gasteiger partial charge is 0.0764 e. The van der Waals surface area contributed by atoms with Crippen molar-refractivity contribution in [2.75, 3.05) is 13.2 Å². The Morgan fingerprint density at radius 1 is 0.952 bits per heavy atom. The van der Waals surface area contributed by atoms with E-state index < -0.39 is 0 Å². The fourth-order valence-corrected chi connectivity index (χ4v) is 8.34. The minimum absolute atomic E-state index is 0.104. The molecule has 4 heteroatoms. The summed E-state index contributed by atoms with van der Waals surface area (Å²) in [5.74, 6) is 0. The van der Waals surface area contributed by atoms with Crippen LogP contribution in [0.4, 0.5) is 0 Å². The highest BCUT2D eigenvalue weighted by Gasteiger charge is 2.50. The first-order chi connectivity index (χ1) is 10.2. The average Bonchev–Trinajstić information content (AvgIpc) is 2.55. The van der Waals surface area contributed by atoms with Gasteiger partial charge in [-0.05, 0) is 44.6 Å². The average molecular weight is 321 g/mol. The summed E-state index contributed by atoms with van der Waals surface area (Å²) in [6.45, 7) is 1.91. The SMILES string of the molecule is [SiH3]C1(C2([SiH2]Cc3ccccc3)CCCCO2)CCCCO1. The molecule has 0 spiro atoms. The molecule has 0 radical (unpaired) electrons. The highest BCUT2D eigenvalue weighted by Crippen LogP contribution is 2.40. The molecule has 2 fully saturated rings. The number of hydrogen-bond donors (Lipinski definition) is 0. The fraction of sp³-hybridized carbons (Fsp3) is 0.647. The molecule has 2 heterocycles. The molecule has 2 nitrogen and oxygen atoms in total. The summed E-state index contributed by atoms with van der Waals surface area (Å²) in [6, 6.07) is 12.2. The van der Waals surface area contributed by atoms with Crippen molar-refractivity contribution >= 4 is 19.8 Å². The summed E-state index contributed by atoms with van der Waals surface area (Å²) in [4.78, 5) is 0. The van der Waals surface area contributed by atoms with Gasteiger partial charge < -0.3 is 9.47 Å². The van der Waals surface area contributed by atoms with Gasteiger partial charge in [0.15, 0.2) is 0 Å². The van der Waals surface area contributed by atoms with Crippen LogP contribution in [0, 0.1) is 0 Å². The number of hydrogen-bond acceptors (Lipinski definition) is 2. The van der Waals surface area contributed by atoms with Gasteiger partial charge in [-0.1, -0.05) is 35.9 Å². The Bertz CT molecular complexity index is 437. The van der Waals surface area contributed by atoms with Crippen LogP contribution in [0.2, 0.25) is 0 Å². The molecule has 1 aromatic carbocycles. The normalized spacial score (nSPS) is 34.5. The van der Waals surface area contributed by atoms with Crippen molar-refractivity contribution in [2.45, 2.75) is 55.0 Å². The fourth-order valence-electron chi connectivity index (χ4n) is 4.02. The molecule has 0 amide bonds. The van der Waals surface area contributed by atoms with E-state index in [9.17, 15) is 0 Å². The highest BCUT2D eigenvalue weighted by atomic mass is 28.2. The molecule has 0 N–H and O–H groups in total. The van der Waals surface area contributed by atoms with E-state index in [-0.39, 0.29) is 20.0 Å². The van der Waals surface area contributed by atoms with Gasteiger partial charge in [-0.3, -0.25) is 0 Å². The van der Waals surface area contributed by atoms with Crippen molar-refractivity contribution in [3.63, 3.8) is 0 Å². The maximum absolute atomic E-state index is 6.50. The molecule has 0 saturated carbocycles. The molecule has 2 aliphatic rings. The summed E-state index contributed by atoms with van der Waals surface area (Å²) >= 11 is 0. The number of rotatable bonds is 4. The molecule has 1 aromatic rings. The van der Waals surface area contributed by atoms with Gasteiger partial charge >= 0.3 is 0 Å². The maximum Gasteiger partial charge on any atom is 0.0764 e. The Labute approximate surface area is 133 Å². The van der Waals surface area contributed by atoms with E-state index >= 15 is 0 Å². The number of ether oxygens (including phenoxy) is 2. The molecule has 21 heavy (non-hydrogen) atoms. The van der Waals surface area contributed by atoms with E-state index in [0.29, 0.717) is 0 Å². The summed E-state index contributed by atoms with van der Waals surface area (Å²) in [6.07, 6.45) is 7.61. The van der Waals surface area contributed by atoms with Crippen molar-refractivity contribution in [3.8, 4) is 0 Å². The molecule has 2 unspecified atom stereocenters. The van der Waals surface area contributed by atoms with E-state index in [0.717, 1.165) is 23.5 Å². The van der Waals surface area contributed by atoms with Crippen LogP contribution in [0.1, 0.15) is 44.1 Å². The van der Waals surface area contributed by atoms with Crippen molar-refractivity contribution < 1.29 is 9.47 Å². The highest BCUT2D eigenvalue weighted by molar-refractivity contribution is 6.42. The third-order valence-corrected chi connectivity index (χ3v) is 10.8. The summed E-state index contributed by atoms with van der Waals surface area (Å²) in [7, 11) is 0.755. The molecule has 3 rings (SSSR count). The van der Waals surface area contributed by atoms with Crippen LogP contribution >= 0.6 is 0 Å². The minimum atomic E-state index is -0.354. The molecule has 0 aromatic heterocycles. The van der Waals surface area contributed by atoms with Crippen LogP contribution in [0.25, 0.3) is 0 Å². The van der Waals surface area contributed by atoms with E-state index in [2.05, 4.69) is 30.3 Å². The van der Waals surface area contributed by atoms with Crippen LogP contribution in [-0.2, 0) is 15.5 Å². The Balaban J connectivity index is 1.76. The van der Waals surface area contributed by atoms with E-state index in [4.69, 9.17) is 9.47 Å². The van der Waals surface area contributed by atoms with Gasteiger partial charge in [0.2, 0.25) is 0 Å². The topological polar surface area (TPSA) is 18.5 Å². The van der Waals surface area contributed by atoms with Crippen LogP contribution in [0.5, 0.6) is 0 Å². The van der Waals surface area contributed by atoms with Gasteiger partial charge in [-0.15, -0.1) is 0 Å². The third kappa shape index (κ3) is 3.34. The predicted molar refractivity (Wildman–Crippen MR) is 93.7 cm³/mol. The second kappa shape index (κ2) is 6.77. The minimum Gasteiger partial charge on any atom is -0.377 e. The molecule has 2 aliphatic heterocycles. The lowest BCUT2D eigenvalue weighted by Gasteiger charge is -2.52. The first-order valence-electron chi connectivity index (χ1n) is 8.56. The quantitative estimate of drug-likeness (QED) is 0.783. The van der Waals surface area contributed by atoms with Gasteiger partial charge in [0.05, 0.1) is 20.0 Å². The van der Waals surface area contributed by atoms with E-state index in [1.807, 2.05) is 0 Å². The predicted octanol–water partition coefficient (Wildman–Crippen LogP) is 1.51. The summed E-state index contributed by atoms with van der Waals surface area (Å²) in [5.41, 5.74) is 1.48. The van der Waals surface area contributed by atoms with Gasteiger partial charge in [-0.2, -0.15) is 0 Å². The molecule has 2 saturated heterocycles. The zero-order valence-corrected chi connectivity index (χ0v) is 16.7. The first kappa shape index (κ1) is 15.5. The molecule has 116 valence electrons. The maximum atomic E-state index is 6.50. The monoisotopic (exact) mass is 320 g/mol. The molecular weight excluding hydrogens is 292 g/mol. The van der Waals surface area contributed by atoms with E-state index in [1.54, 1.807) is 0 Å². The first-order valence-corrected chi connectivity index (χ1v) is 11.3. The van der Waals surface area contributed by atoms with Gasteiger partial charge in [-0.25, -0.2) is 0 Å². The van der Waals surface area contributed by atoms with Gasteiger partial charge in [0.1, 0.15) is 0 Å². The molecule has 0 aliphatic carbocycles. The lowest BCUT2D eigenvalue weighted by molar-refractivity contribution is -0.159. The second-order valence-corrected chi connectivity index (χ2v) is 10.6. The lowest BCUT2D eigenvalue weighted by Crippen LogP contribution is -2.64. The molecule has 0 bridgehead atoms. The van der Waals surface area contributed by atoms with Crippen LogP contribution in [-0.4, -0.2) is 43.4 Å². The summed E-state index contributed by atoms with van der Waals surface area (Å²) < 4.78 is 12.9. The zero-order chi connectivity index (χ0) is 14.6. The van der Waals surface area contributed by atoms with Crippen LogP contribution in [0.3, 0.4) is 0 Å². The molecular formula is C17H28O2Si2. The van der Waals surface area contributed by atoms with E-state index in [1.165, 1.54) is 50.1 Å². The zero-order valence-electron chi connectivity index (χ0n) is 13.3. The van der Waals surface area contributed by atoms with Gasteiger partial charge in [0.25, 0.3) is 0 Å². The van der Waals surface area contributed by atoms with Crippen LogP contribution < -0.4 is 0 Å². The Kier molecular flexibility index (Phi) is 4.99. The Hall–Kier alpha value is -0.426.